The lowest BCUT2D eigenvalue weighted by Crippen LogP contribution is -2.25. The number of rotatable bonds is 1. The standard InChI is InChI=1S/C5H10N2O.ClH/c6-5-1-2-7(3-5)4-8;/h4-5H,1-3,6H2;1H. The number of likely N-dealkylation sites (tertiary alicyclic amines) is 1. The minimum atomic E-state index is 0. The van der Waals surface area contributed by atoms with Crippen LogP contribution in [0.5, 0.6) is 0 Å². The second-order valence-corrected chi connectivity index (χ2v) is 2.15. The van der Waals surface area contributed by atoms with Crippen molar-refractivity contribution in [3.05, 3.63) is 0 Å². The highest BCUT2D eigenvalue weighted by molar-refractivity contribution is 5.85. The molecule has 1 fully saturated rings. The van der Waals surface area contributed by atoms with Crippen molar-refractivity contribution in [1.29, 1.82) is 0 Å². The van der Waals surface area contributed by atoms with Gasteiger partial charge in [-0.15, -0.1) is 12.4 Å². The van der Waals surface area contributed by atoms with Crippen LogP contribution in [0.2, 0.25) is 0 Å². The predicted octanol–water partition coefficient (Wildman–Crippen LogP) is -0.402. The van der Waals surface area contributed by atoms with E-state index in [0.29, 0.717) is 0 Å². The molecule has 0 bridgehead atoms. The third-order valence-corrected chi connectivity index (χ3v) is 1.41. The smallest absolute Gasteiger partial charge is 0.209 e. The molecular weight excluding hydrogens is 140 g/mol. The van der Waals surface area contributed by atoms with Crippen LogP contribution in [0.3, 0.4) is 0 Å². The largest absolute Gasteiger partial charge is 0.344 e. The molecule has 1 aliphatic heterocycles. The summed E-state index contributed by atoms with van der Waals surface area (Å²) in [6, 6.07) is 0.222. The lowest BCUT2D eigenvalue weighted by molar-refractivity contribution is -0.117. The molecule has 9 heavy (non-hydrogen) atoms. The van der Waals surface area contributed by atoms with Crippen LogP contribution in [0.1, 0.15) is 6.42 Å². The summed E-state index contributed by atoms with van der Waals surface area (Å²) in [5.41, 5.74) is 5.50. The molecule has 2 N–H and O–H groups in total. The fourth-order valence-electron chi connectivity index (χ4n) is 0.911. The SMILES string of the molecule is Cl.NC1CCN(C=O)C1. The molecule has 0 aromatic rings. The lowest BCUT2D eigenvalue weighted by atomic mass is 10.3. The first-order valence-corrected chi connectivity index (χ1v) is 2.78. The van der Waals surface area contributed by atoms with E-state index >= 15 is 0 Å². The van der Waals surface area contributed by atoms with E-state index < -0.39 is 0 Å². The second kappa shape index (κ2) is 3.69. The van der Waals surface area contributed by atoms with Gasteiger partial charge in [-0.25, -0.2) is 0 Å². The van der Waals surface area contributed by atoms with Gasteiger partial charge in [0.05, 0.1) is 0 Å². The fourth-order valence-corrected chi connectivity index (χ4v) is 0.911. The monoisotopic (exact) mass is 150 g/mol. The van der Waals surface area contributed by atoms with E-state index in [9.17, 15) is 4.79 Å². The molecule has 0 aromatic carbocycles. The Morgan fingerprint density at radius 1 is 1.67 bits per heavy atom. The first kappa shape index (κ1) is 8.72. The predicted molar refractivity (Wildman–Crippen MR) is 37.5 cm³/mol. The van der Waals surface area contributed by atoms with Gasteiger partial charge in [0.2, 0.25) is 6.41 Å². The summed E-state index contributed by atoms with van der Waals surface area (Å²) >= 11 is 0. The van der Waals surface area contributed by atoms with E-state index in [-0.39, 0.29) is 18.4 Å². The van der Waals surface area contributed by atoms with Crippen molar-refractivity contribution >= 4 is 18.8 Å². The summed E-state index contributed by atoms with van der Waals surface area (Å²) in [7, 11) is 0. The summed E-state index contributed by atoms with van der Waals surface area (Å²) in [5.74, 6) is 0. The van der Waals surface area contributed by atoms with E-state index in [2.05, 4.69) is 0 Å². The van der Waals surface area contributed by atoms with Crippen LogP contribution in [0.15, 0.2) is 0 Å². The van der Waals surface area contributed by atoms with Crippen LogP contribution in [-0.4, -0.2) is 30.4 Å². The Balaban J connectivity index is 0.000000640. The summed E-state index contributed by atoms with van der Waals surface area (Å²) < 4.78 is 0. The van der Waals surface area contributed by atoms with Gasteiger partial charge in [-0.2, -0.15) is 0 Å². The van der Waals surface area contributed by atoms with Crippen molar-refractivity contribution in [3.8, 4) is 0 Å². The second-order valence-electron chi connectivity index (χ2n) is 2.15. The lowest BCUT2D eigenvalue weighted by Gasteiger charge is -2.04. The Morgan fingerprint density at radius 2 is 2.33 bits per heavy atom. The molecule has 0 saturated carbocycles. The molecule has 0 aliphatic carbocycles. The summed E-state index contributed by atoms with van der Waals surface area (Å²) in [4.78, 5) is 11.7. The molecule has 0 aromatic heterocycles. The normalized spacial score (nSPS) is 25.4. The Labute approximate surface area is 60.6 Å². The topological polar surface area (TPSA) is 46.3 Å². The van der Waals surface area contributed by atoms with E-state index in [0.717, 1.165) is 25.9 Å². The molecule has 1 amide bonds. The maximum Gasteiger partial charge on any atom is 0.209 e. The molecule has 3 nitrogen and oxygen atoms in total. The summed E-state index contributed by atoms with van der Waals surface area (Å²) in [6.45, 7) is 1.58. The number of nitrogens with two attached hydrogens (primary N) is 1. The van der Waals surface area contributed by atoms with Crippen molar-refractivity contribution in [2.24, 2.45) is 5.73 Å². The van der Waals surface area contributed by atoms with Crippen molar-refractivity contribution in [3.63, 3.8) is 0 Å². The average Bonchev–Trinajstić information content (AvgIpc) is 2.14. The molecular formula is C5H11ClN2O. The molecule has 1 aliphatic rings. The van der Waals surface area contributed by atoms with Gasteiger partial charge in [-0.05, 0) is 6.42 Å². The zero-order valence-corrected chi connectivity index (χ0v) is 5.93. The number of carbonyl (C=O) groups excluding carboxylic acids is 1. The van der Waals surface area contributed by atoms with E-state index in [1.807, 2.05) is 0 Å². The molecule has 1 saturated heterocycles. The Kier molecular flexibility index (Phi) is 3.58. The highest BCUT2D eigenvalue weighted by Gasteiger charge is 2.15. The van der Waals surface area contributed by atoms with Crippen molar-refractivity contribution in [2.75, 3.05) is 13.1 Å². The third-order valence-electron chi connectivity index (χ3n) is 1.41. The maximum atomic E-state index is 10.0. The van der Waals surface area contributed by atoms with E-state index in [1.54, 1.807) is 4.90 Å². The number of hydrogen-bond acceptors (Lipinski definition) is 2. The van der Waals surface area contributed by atoms with Gasteiger partial charge in [0.15, 0.2) is 0 Å². The van der Waals surface area contributed by atoms with Gasteiger partial charge in [-0.3, -0.25) is 4.79 Å². The number of carbonyl (C=O) groups is 1. The van der Waals surface area contributed by atoms with E-state index in [1.165, 1.54) is 0 Å². The minimum Gasteiger partial charge on any atom is -0.344 e. The Morgan fingerprint density at radius 3 is 2.56 bits per heavy atom. The van der Waals surface area contributed by atoms with Crippen molar-refractivity contribution in [2.45, 2.75) is 12.5 Å². The first-order chi connectivity index (χ1) is 3.83. The Hall–Kier alpha value is -0.280. The van der Waals surface area contributed by atoms with Crippen molar-refractivity contribution in [1.82, 2.24) is 4.90 Å². The van der Waals surface area contributed by atoms with Crippen LogP contribution in [-0.2, 0) is 4.79 Å². The number of halogens is 1. The zero-order valence-electron chi connectivity index (χ0n) is 5.12. The highest BCUT2D eigenvalue weighted by Crippen LogP contribution is 2.02. The van der Waals surface area contributed by atoms with Crippen LogP contribution in [0.25, 0.3) is 0 Å². The number of hydrogen-bond donors (Lipinski definition) is 1. The van der Waals surface area contributed by atoms with Gasteiger partial charge in [0.25, 0.3) is 0 Å². The Bertz CT molecular complexity index is 99.0. The summed E-state index contributed by atoms with van der Waals surface area (Å²) in [5, 5.41) is 0. The van der Waals surface area contributed by atoms with Crippen LogP contribution >= 0.6 is 12.4 Å². The van der Waals surface area contributed by atoms with Gasteiger partial charge >= 0.3 is 0 Å². The quantitative estimate of drug-likeness (QED) is 0.517. The molecule has 1 atom stereocenters. The molecule has 4 heteroatoms. The van der Waals surface area contributed by atoms with Gasteiger partial charge in [0, 0.05) is 19.1 Å². The average molecular weight is 151 g/mol. The summed E-state index contributed by atoms with van der Waals surface area (Å²) in [6.07, 6.45) is 1.81. The number of nitrogens with zero attached hydrogens (tertiary/aromatic N) is 1. The van der Waals surface area contributed by atoms with Gasteiger partial charge in [0.1, 0.15) is 0 Å². The molecule has 1 unspecified atom stereocenters. The van der Waals surface area contributed by atoms with E-state index in [4.69, 9.17) is 5.73 Å². The van der Waals surface area contributed by atoms with Gasteiger partial charge < -0.3 is 10.6 Å². The fraction of sp³-hybridized carbons (Fsp3) is 0.800. The molecule has 0 spiro atoms. The van der Waals surface area contributed by atoms with Crippen molar-refractivity contribution < 1.29 is 4.79 Å². The maximum absolute atomic E-state index is 10.0. The van der Waals surface area contributed by atoms with Crippen LogP contribution in [0, 0.1) is 0 Å². The molecule has 0 radical (unpaired) electrons. The zero-order chi connectivity index (χ0) is 5.98. The molecule has 54 valence electrons. The first-order valence-electron chi connectivity index (χ1n) is 2.78. The molecule has 1 heterocycles. The van der Waals surface area contributed by atoms with Crippen LogP contribution in [0.4, 0.5) is 0 Å². The molecule has 1 rings (SSSR count). The highest BCUT2D eigenvalue weighted by atomic mass is 35.5. The van der Waals surface area contributed by atoms with Crippen LogP contribution < -0.4 is 5.73 Å². The third kappa shape index (κ3) is 2.20. The minimum absolute atomic E-state index is 0. The van der Waals surface area contributed by atoms with Gasteiger partial charge in [-0.1, -0.05) is 0 Å². The number of amides is 1.